The second kappa shape index (κ2) is 10.3. The largest absolute Gasteiger partial charge is 0.507 e. The van der Waals surface area contributed by atoms with Crippen molar-refractivity contribution in [1.82, 2.24) is 4.90 Å². The van der Waals surface area contributed by atoms with Crippen LogP contribution in [-0.4, -0.2) is 49.6 Å². The van der Waals surface area contributed by atoms with Crippen molar-refractivity contribution in [2.45, 2.75) is 12.5 Å². The van der Waals surface area contributed by atoms with Gasteiger partial charge in [-0.3, -0.25) is 9.59 Å². The van der Waals surface area contributed by atoms with Gasteiger partial charge in [0.05, 0.1) is 32.9 Å². The molecule has 4 rings (SSSR count). The second-order valence-corrected chi connectivity index (χ2v) is 8.07. The summed E-state index contributed by atoms with van der Waals surface area (Å²) < 4.78 is 16.1. The van der Waals surface area contributed by atoms with Gasteiger partial charge in [0, 0.05) is 12.1 Å². The molecule has 0 spiro atoms. The molecule has 0 unspecified atom stereocenters. The maximum Gasteiger partial charge on any atom is 0.295 e. The van der Waals surface area contributed by atoms with E-state index in [0.29, 0.717) is 34.8 Å². The number of likely N-dealkylation sites (tertiary alicyclic amines) is 1. The molecule has 180 valence electrons. The molecule has 1 fully saturated rings. The standard InChI is InChI=1S/C28H27NO6/c1-33-21-11-7-10-20(17-21)25-24(26(30)19-8-5-4-6-9-19)27(31)28(32)29(25)15-14-18-12-13-22(34-2)23(16-18)35-3/h4-13,16-17,25,30H,14-15H2,1-3H3/t25-/m0/s1. The summed E-state index contributed by atoms with van der Waals surface area (Å²) in [5, 5.41) is 11.1. The SMILES string of the molecule is COc1cccc([C@H]2C(=C(O)c3ccccc3)C(=O)C(=O)N2CCc2ccc(OC)c(OC)c2)c1. The van der Waals surface area contributed by atoms with E-state index in [2.05, 4.69) is 0 Å². The van der Waals surface area contributed by atoms with Gasteiger partial charge in [-0.1, -0.05) is 48.5 Å². The summed E-state index contributed by atoms with van der Waals surface area (Å²) in [7, 11) is 4.68. The average Bonchev–Trinajstić information content (AvgIpc) is 3.16. The number of methoxy groups -OCH3 is 3. The zero-order chi connectivity index (χ0) is 24.9. The van der Waals surface area contributed by atoms with Gasteiger partial charge in [0.2, 0.25) is 0 Å². The minimum atomic E-state index is -0.759. The van der Waals surface area contributed by atoms with Gasteiger partial charge in [0.15, 0.2) is 11.5 Å². The molecule has 0 aromatic heterocycles. The maximum atomic E-state index is 13.2. The minimum absolute atomic E-state index is 0.0572. The fourth-order valence-corrected chi connectivity index (χ4v) is 4.31. The first-order valence-corrected chi connectivity index (χ1v) is 11.2. The minimum Gasteiger partial charge on any atom is -0.507 e. The Morgan fingerprint density at radius 3 is 2.29 bits per heavy atom. The number of ether oxygens (including phenoxy) is 3. The van der Waals surface area contributed by atoms with Crippen LogP contribution in [0.15, 0.2) is 78.4 Å². The van der Waals surface area contributed by atoms with Crippen LogP contribution in [0.1, 0.15) is 22.7 Å². The maximum absolute atomic E-state index is 13.2. The van der Waals surface area contributed by atoms with Crippen LogP contribution in [0.25, 0.3) is 5.76 Å². The lowest BCUT2D eigenvalue weighted by Crippen LogP contribution is -2.31. The Bertz CT molecular complexity index is 1270. The summed E-state index contributed by atoms with van der Waals surface area (Å²) in [6, 6.07) is 20.7. The van der Waals surface area contributed by atoms with E-state index in [1.54, 1.807) is 69.9 Å². The van der Waals surface area contributed by atoms with E-state index in [1.165, 1.54) is 4.90 Å². The summed E-state index contributed by atoms with van der Waals surface area (Å²) in [5.41, 5.74) is 2.12. The number of nitrogens with zero attached hydrogens (tertiary/aromatic N) is 1. The molecule has 0 saturated carbocycles. The lowest BCUT2D eigenvalue weighted by molar-refractivity contribution is -0.139. The van der Waals surface area contributed by atoms with Crippen LogP contribution in [0.4, 0.5) is 0 Å². The van der Waals surface area contributed by atoms with Crippen LogP contribution in [0.5, 0.6) is 17.2 Å². The number of aliphatic hydroxyl groups excluding tert-OH is 1. The molecule has 1 amide bonds. The number of hydrogen-bond acceptors (Lipinski definition) is 6. The van der Waals surface area contributed by atoms with Gasteiger partial charge >= 0.3 is 0 Å². The second-order valence-electron chi connectivity index (χ2n) is 8.07. The third-order valence-corrected chi connectivity index (χ3v) is 6.09. The third-order valence-electron chi connectivity index (χ3n) is 6.09. The van der Waals surface area contributed by atoms with Gasteiger partial charge < -0.3 is 24.2 Å². The normalized spacial score (nSPS) is 16.9. The van der Waals surface area contributed by atoms with E-state index in [0.717, 1.165) is 5.56 Å². The molecule has 1 heterocycles. The monoisotopic (exact) mass is 473 g/mol. The molecule has 1 saturated heterocycles. The molecule has 0 bridgehead atoms. The number of Topliss-reactive ketones (excluding diaryl/α,β-unsaturated/α-hetero) is 1. The summed E-state index contributed by atoms with van der Waals surface area (Å²) in [5.74, 6) is 0.205. The van der Waals surface area contributed by atoms with Crippen LogP contribution >= 0.6 is 0 Å². The highest BCUT2D eigenvalue weighted by molar-refractivity contribution is 6.46. The van der Waals surface area contributed by atoms with E-state index >= 15 is 0 Å². The molecule has 0 aliphatic carbocycles. The Morgan fingerprint density at radius 2 is 1.60 bits per heavy atom. The van der Waals surface area contributed by atoms with Crippen molar-refractivity contribution in [3.05, 3.63) is 95.1 Å². The van der Waals surface area contributed by atoms with Gasteiger partial charge in [0.25, 0.3) is 11.7 Å². The fourth-order valence-electron chi connectivity index (χ4n) is 4.31. The van der Waals surface area contributed by atoms with Crippen LogP contribution in [-0.2, 0) is 16.0 Å². The summed E-state index contributed by atoms with van der Waals surface area (Å²) in [6.07, 6.45) is 0.471. The van der Waals surface area contributed by atoms with Crippen molar-refractivity contribution < 1.29 is 28.9 Å². The number of aliphatic hydroxyl groups is 1. The number of rotatable bonds is 8. The lowest BCUT2D eigenvalue weighted by atomic mass is 9.95. The van der Waals surface area contributed by atoms with E-state index in [9.17, 15) is 14.7 Å². The predicted octanol–water partition coefficient (Wildman–Crippen LogP) is 4.38. The zero-order valence-electron chi connectivity index (χ0n) is 19.9. The van der Waals surface area contributed by atoms with Crippen LogP contribution < -0.4 is 14.2 Å². The van der Waals surface area contributed by atoms with Gasteiger partial charge in [-0.2, -0.15) is 0 Å². The number of carbonyl (C=O) groups excluding carboxylic acids is 2. The van der Waals surface area contributed by atoms with Gasteiger partial charge in [-0.15, -0.1) is 0 Å². The average molecular weight is 474 g/mol. The Hall–Kier alpha value is -4.26. The molecule has 0 radical (unpaired) electrons. The number of amides is 1. The van der Waals surface area contributed by atoms with E-state index in [-0.39, 0.29) is 17.9 Å². The van der Waals surface area contributed by atoms with Crippen LogP contribution in [0.2, 0.25) is 0 Å². The Balaban J connectivity index is 1.75. The molecule has 35 heavy (non-hydrogen) atoms. The van der Waals surface area contributed by atoms with E-state index in [1.807, 2.05) is 24.3 Å². The van der Waals surface area contributed by atoms with Crippen molar-refractivity contribution in [2.75, 3.05) is 27.9 Å². The molecular formula is C28H27NO6. The molecule has 3 aromatic carbocycles. The predicted molar refractivity (Wildman–Crippen MR) is 132 cm³/mol. The van der Waals surface area contributed by atoms with Gasteiger partial charge in [-0.05, 0) is 41.8 Å². The fraction of sp³-hybridized carbons (Fsp3) is 0.214. The highest BCUT2D eigenvalue weighted by Gasteiger charge is 2.45. The topological polar surface area (TPSA) is 85.3 Å². The summed E-state index contributed by atoms with van der Waals surface area (Å²) >= 11 is 0. The molecule has 1 N–H and O–H groups in total. The third kappa shape index (κ3) is 4.71. The first-order valence-electron chi connectivity index (χ1n) is 11.2. The quantitative estimate of drug-likeness (QED) is 0.297. The molecule has 1 aliphatic rings. The first kappa shape index (κ1) is 23.9. The number of hydrogen-bond donors (Lipinski definition) is 1. The van der Waals surface area contributed by atoms with Crippen molar-refractivity contribution in [1.29, 1.82) is 0 Å². The first-order chi connectivity index (χ1) is 17.0. The van der Waals surface area contributed by atoms with Crippen molar-refractivity contribution in [3.63, 3.8) is 0 Å². The highest BCUT2D eigenvalue weighted by atomic mass is 16.5. The molecule has 1 aliphatic heterocycles. The highest BCUT2D eigenvalue weighted by Crippen LogP contribution is 2.40. The molecule has 7 heteroatoms. The molecule has 3 aromatic rings. The molecule has 1 atom stereocenters. The van der Waals surface area contributed by atoms with Crippen molar-refractivity contribution in [3.8, 4) is 17.2 Å². The summed E-state index contributed by atoms with van der Waals surface area (Å²) in [6.45, 7) is 0.257. The Labute approximate surface area is 204 Å². The smallest absolute Gasteiger partial charge is 0.295 e. The zero-order valence-corrected chi connectivity index (χ0v) is 19.9. The van der Waals surface area contributed by atoms with E-state index in [4.69, 9.17) is 14.2 Å². The Kier molecular flexibility index (Phi) is 7.06. The van der Waals surface area contributed by atoms with Crippen LogP contribution in [0, 0.1) is 0 Å². The van der Waals surface area contributed by atoms with Crippen molar-refractivity contribution in [2.24, 2.45) is 0 Å². The van der Waals surface area contributed by atoms with Gasteiger partial charge in [0.1, 0.15) is 11.5 Å². The van der Waals surface area contributed by atoms with Crippen molar-refractivity contribution >= 4 is 17.4 Å². The number of ketones is 1. The number of benzene rings is 3. The van der Waals surface area contributed by atoms with Crippen LogP contribution in [0.3, 0.4) is 0 Å². The van der Waals surface area contributed by atoms with Gasteiger partial charge in [-0.25, -0.2) is 0 Å². The number of carbonyl (C=O) groups is 2. The Morgan fingerprint density at radius 1 is 0.857 bits per heavy atom. The lowest BCUT2D eigenvalue weighted by Gasteiger charge is -2.26. The van der Waals surface area contributed by atoms with E-state index < -0.39 is 17.7 Å². The molecular weight excluding hydrogens is 446 g/mol. The summed E-state index contributed by atoms with van der Waals surface area (Å²) in [4.78, 5) is 27.9. The molecule has 7 nitrogen and oxygen atoms in total.